The lowest BCUT2D eigenvalue weighted by Gasteiger charge is -2.30. The summed E-state index contributed by atoms with van der Waals surface area (Å²) in [7, 11) is 1.58. The van der Waals surface area contributed by atoms with E-state index in [0.717, 1.165) is 24.2 Å². The monoisotopic (exact) mass is 388 g/mol. The minimum absolute atomic E-state index is 0.196. The van der Waals surface area contributed by atoms with E-state index in [1.54, 1.807) is 30.2 Å². The lowest BCUT2D eigenvalue weighted by Crippen LogP contribution is -2.43. The Bertz CT molecular complexity index is 714. The molecule has 0 radical (unpaired) electrons. The molecule has 1 aromatic rings. The average molecular weight is 388 g/mol. The number of piperidine rings is 1. The van der Waals surface area contributed by atoms with Gasteiger partial charge in [-0.2, -0.15) is 0 Å². The standard InChI is InChI=1S/C21H28N2O5/c1-15-5-4-12-23(13-15)20(25)14-28-21(26)16(2)22-19(24)11-8-17-6-9-18(27-3)10-7-17/h6-11,15-16H,4-5,12-14H2,1-3H3,(H,22,24)/b11-8+/t15-,16+/m1/s1. The molecule has 0 aliphatic carbocycles. The van der Waals surface area contributed by atoms with Crippen molar-refractivity contribution in [2.24, 2.45) is 5.92 Å². The molecule has 0 unspecified atom stereocenters. The van der Waals surface area contributed by atoms with Crippen molar-refractivity contribution in [1.82, 2.24) is 10.2 Å². The van der Waals surface area contributed by atoms with Crippen molar-refractivity contribution in [2.75, 3.05) is 26.8 Å². The Balaban J connectivity index is 1.75. The summed E-state index contributed by atoms with van der Waals surface area (Å²) in [5.74, 6) is -0.0606. The summed E-state index contributed by atoms with van der Waals surface area (Å²) in [6.45, 7) is 4.72. The van der Waals surface area contributed by atoms with Gasteiger partial charge in [0.2, 0.25) is 5.91 Å². The van der Waals surface area contributed by atoms with Crippen LogP contribution < -0.4 is 10.1 Å². The first-order chi connectivity index (χ1) is 13.4. The topological polar surface area (TPSA) is 84.9 Å². The Hall–Kier alpha value is -2.83. The number of benzene rings is 1. The molecule has 0 spiro atoms. The highest BCUT2D eigenvalue weighted by Gasteiger charge is 2.23. The fraction of sp³-hybridized carbons (Fsp3) is 0.476. The lowest BCUT2D eigenvalue weighted by molar-refractivity contribution is -0.154. The van der Waals surface area contributed by atoms with Gasteiger partial charge < -0.3 is 19.7 Å². The molecular weight excluding hydrogens is 360 g/mol. The Morgan fingerprint density at radius 2 is 2.00 bits per heavy atom. The van der Waals surface area contributed by atoms with Crippen LogP contribution >= 0.6 is 0 Å². The maximum atomic E-state index is 12.1. The molecule has 1 N–H and O–H groups in total. The van der Waals surface area contributed by atoms with E-state index < -0.39 is 17.9 Å². The molecule has 1 heterocycles. The van der Waals surface area contributed by atoms with Crippen molar-refractivity contribution < 1.29 is 23.9 Å². The molecule has 2 amide bonds. The van der Waals surface area contributed by atoms with E-state index in [0.29, 0.717) is 19.0 Å². The molecule has 0 saturated carbocycles. The molecule has 7 nitrogen and oxygen atoms in total. The van der Waals surface area contributed by atoms with E-state index in [1.807, 2.05) is 12.1 Å². The van der Waals surface area contributed by atoms with Gasteiger partial charge >= 0.3 is 5.97 Å². The van der Waals surface area contributed by atoms with Gasteiger partial charge in [-0.25, -0.2) is 4.79 Å². The van der Waals surface area contributed by atoms with Gasteiger partial charge in [0.05, 0.1) is 7.11 Å². The first-order valence-electron chi connectivity index (χ1n) is 9.46. The number of carbonyl (C=O) groups excluding carboxylic acids is 3. The van der Waals surface area contributed by atoms with Crippen molar-refractivity contribution in [1.29, 1.82) is 0 Å². The summed E-state index contributed by atoms with van der Waals surface area (Å²) in [5, 5.41) is 2.53. The first-order valence-corrected chi connectivity index (χ1v) is 9.46. The second-order valence-corrected chi connectivity index (χ2v) is 7.03. The van der Waals surface area contributed by atoms with E-state index in [-0.39, 0.29) is 12.5 Å². The van der Waals surface area contributed by atoms with Crippen LogP contribution in [0.4, 0.5) is 0 Å². The number of nitrogens with zero attached hydrogens (tertiary/aromatic N) is 1. The van der Waals surface area contributed by atoms with E-state index >= 15 is 0 Å². The Morgan fingerprint density at radius 3 is 2.64 bits per heavy atom. The van der Waals surface area contributed by atoms with Crippen LogP contribution in [-0.2, 0) is 19.1 Å². The zero-order chi connectivity index (χ0) is 20.5. The van der Waals surface area contributed by atoms with Gasteiger partial charge in [0, 0.05) is 19.2 Å². The molecule has 0 bridgehead atoms. The number of hydrogen-bond acceptors (Lipinski definition) is 5. The second-order valence-electron chi connectivity index (χ2n) is 7.03. The largest absolute Gasteiger partial charge is 0.497 e. The van der Waals surface area contributed by atoms with Crippen molar-refractivity contribution in [3.05, 3.63) is 35.9 Å². The van der Waals surface area contributed by atoms with Gasteiger partial charge in [-0.15, -0.1) is 0 Å². The van der Waals surface area contributed by atoms with Crippen molar-refractivity contribution >= 4 is 23.9 Å². The number of carbonyl (C=O) groups is 3. The summed E-state index contributed by atoms with van der Waals surface area (Å²) in [6, 6.07) is 6.36. The van der Waals surface area contributed by atoms with Gasteiger partial charge in [-0.3, -0.25) is 9.59 Å². The smallest absolute Gasteiger partial charge is 0.328 e. The molecule has 1 saturated heterocycles. The van der Waals surface area contributed by atoms with Crippen LogP contribution in [0.15, 0.2) is 30.3 Å². The summed E-state index contributed by atoms with van der Waals surface area (Å²) < 4.78 is 10.1. The number of methoxy groups -OCH3 is 1. The third-order valence-electron chi connectivity index (χ3n) is 4.60. The second kappa shape index (κ2) is 10.5. The summed E-state index contributed by atoms with van der Waals surface area (Å²) in [6.07, 6.45) is 5.05. The van der Waals surface area contributed by atoms with Crippen LogP contribution in [-0.4, -0.2) is 55.5 Å². The molecule has 1 aliphatic rings. The maximum absolute atomic E-state index is 12.1. The van der Waals surface area contributed by atoms with Gasteiger partial charge in [-0.1, -0.05) is 19.1 Å². The van der Waals surface area contributed by atoms with Crippen LogP contribution in [0.2, 0.25) is 0 Å². The minimum atomic E-state index is -0.846. The highest BCUT2D eigenvalue weighted by atomic mass is 16.5. The summed E-state index contributed by atoms with van der Waals surface area (Å²) in [5.41, 5.74) is 0.826. The van der Waals surface area contributed by atoms with E-state index in [2.05, 4.69) is 12.2 Å². The van der Waals surface area contributed by atoms with Crippen LogP contribution in [0.5, 0.6) is 5.75 Å². The molecule has 0 aromatic heterocycles. The van der Waals surface area contributed by atoms with Crippen molar-refractivity contribution in [2.45, 2.75) is 32.7 Å². The molecule has 2 rings (SSSR count). The maximum Gasteiger partial charge on any atom is 0.328 e. The van der Waals surface area contributed by atoms with Gasteiger partial charge in [-0.05, 0) is 49.5 Å². The first kappa shape index (κ1) is 21.5. The molecule has 2 atom stereocenters. The fourth-order valence-corrected chi connectivity index (χ4v) is 2.97. The van der Waals surface area contributed by atoms with Gasteiger partial charge in [0.1, 0.15) is 11.8 Å². The van der Waals surface area contributed by atoms with Crippen LogP contribution in [0.25, 0.3) is 6.08 Å². The van der Waals surface area contributed by atoms with Crippen molar-refractivity contribution in [3.8, 4) is 5.75 Å². The summed E-state index contributed by atoms with van der Waals surface area (Å²) >= 11 is 0. The predicted molar refractivity (Wildman–Crippen MR) is 106 cm³/mol. The minimum Gasteiger partial charge on any atom is -0.497 e. The molecule has 7 heteroatoms. The van der Waals surface area contributed by atoms with Gasteiger partial charge in [0.15, 0.2) is 6.61 Å². The molecule has 28 heavy (non-hydrogen) atoms. The zero-order valence-electron chi connectivity index (χ0n) is 16.6. The van der Waals surface area contributed by atoms with Crippen LogP contribution in [0.3, 0.4) is 0 Å². The number of amides is 2. The van der Waals surface area contributed by atoms with E-state index in [9.17, 15) is 14.4 Å². The highest BCUT2D eigenvalue weighted by Crippen LogP contribution is 2.15. The predicted octanol–water partition coefficient (Wildman–Crippen LogP) is 2.01. The van der Waals surface area contributed by atoms with Crippen LogP contribution in [0, 0.1) is 5.92 Å². The average Bonchev–Trinajstić information content (AvgIpc) is 2.70. The number of esters is 1. The molecule has 1 aromatic carbocycles. The fourth-order valence-electron chi connectivity index (χ4n) is 2.97. The Labute approximate surface area is 165 Å². The third-order valence-corrected chi connectivity index (χ3v) is 4.60. The lowest BCUT2D eigenvalue weighted by atomic mass is 10.0. The number of likely N-dealkylation sites (tertiary alicyclic amines) is 1. The van der Waals surface area contributed by atoms with Crippen molar-refractivity contribution in [3.63, 3.8) is 0 Å². The van der Waals surface area contributed by atoms with E-state index in [4.69, 9.17) is 9.47 Å². The normalized spacial score (nSPS) is 17.8. The molecule has 1 aliphatic heterocycles. The quantitative estimate of drug-likeness (QED) is 0.571. The third kappa shape index (κ3) is 6.72. The van der Waals surface area contributed by atoms with E-state index in [1.165, 1.54) is 13.0 Å². The number of hydrogen-bond donors (Lipinski definition) is 1. The Morgan fingerprint density at radius 1 is 1.29 bits per heavy atom. The number of ether oxygens (including phenoxy) is 2. The van der Waals surface area contributed by atoms with Gasteiger partial charge in [0.25, 0.3) is 5.91 Å². The molecule has 152 valence electrons. The molecule has 1 fully saturated rings. The number of rotatable bonds is 7. The zero-order valence-corrected chi connectivity index (χ0v) is 16.6. The summed E-state index contributed by atoms with van der Waals surface area (Å²) in [4.78, 5) is 37.9. The van der Waals surface area contributed by atoms with Crippen LogP contribution in [0.1, 0.15) is 32.3 Å². The SMILES string of the molecule is COc1ccc(/C=C/C(=O)N[C@@H](C)C(=O)OCC(=O)N2CCC[C@@H](C)C2)cc1. The Kier molecular flexibility index (Phi) is 8.04. The molecular formula is C21H28N2O5. The highest BCUT2D eigenvalue weighted by molar-refractivity contribution is 5.94. The number of nitrogens with one attached hydrogen (secondary N) is 1.